The lowest BCUT2D eigenvalue weighted by Crippen LogP contribution is -2.35. The molecule has 0 saturated heterocycles. The van der Waals surface area contributed by atoms with Gasteiger partial charge in [-0.05, 0) is 25.2 Å². The first kappa shape index (κ1) is 10.7. The van der Waals surface area contributed by atoms with Crippen molar-refractivity contribution in [2.24, 2.45) is 5.92 Å². The number of aliphatic hydroxyl groups excluding tert-OH is 1. The van der Waals surface area contributed by atoms with Gasteiger partial charge >= 0.3 is 0 Å². The van der Waals surface area contributed by atoms with Gasteiger partial charge < -0.3 is 10.2 Å². The monoisotopic (exact) mass is 184 g/mol. The maximum Gasteiger partial charge on any atom is 0.0853 e. The van der Waals surface area contributed by atoms with Gasteiger partial charge in [-0.3, -0.25) is 0 Å². The lowest BCUT2D eigenvalue weighted by molar-refractivity contribution is 0.0110. The summed E-state index contributed by atoms with van der Waals surface area (Å²) in [7, 11) is 0. The van der Waals surface area contributed by atoms with Crippen LogP contribution in [0.5, 0.6) is 0 Å². The SMILES string of the molecule is C=C[C@@]1(O)CCCCC[C@H]1CCO. The Morgan fingerprint density at radius 2 is 2.15 bits per heavy atom. The molecule has 0 aromatic carbocycles. The van der Waals surface area contributed by atoms with Gasteiger partial charge in [-0.15, -0.1) is 6.58 Å². The molecule has 0 aromatic heterocycles. The standard InChI is InChI=1S/C11H20O2/c1-2-11(13)8-5-3-4-6-10(11)7-9-12/h2,10,12-13H,1,3-9H2/t10-,11+/m0/s1. The fraction of sp³-hybridized carbons (Fsp3) is 0.818. The molecular formula is C11H20O2. The minimum atomic E-state index is -0.723. The Morgan fingerprint density at radius 3 is 2.77 bits per heavy atom. The molecule has 0 radical (unpaired) electrons. The van der Waals surface area contributed by atoms with E-state index in [9.17, 15) is 5.11 Å². The summed E-state index contributed by atoms with van der Waals surface area (Å²) in [6, 6.07) is 0. The van der Waals surface area contributed by atoms with Crippen molar-refractivity contribution in [3.8, 4) is 0 Å². The minimum absolute atomic E-state index is 0.167. The molecule has 1 aliphatic rings. The molecule has 0 amide bonds. The predicted octanol–water partition coefficient (Wildman–Crippen LogP) is 1.87. The smallest absolute Gasteiger partial charge is 0.0853 e. The third-order valence-electron chi connectivity index (χ3n) is 3.17. The fourth-order valence-electron chi connectivity index (χ4n) is 2.25. The molecule has 2 N–H and O–H groups in total. The van der Waals surface area contributed by atoms with Crippen molar-refractivity contribution < 1.29 is 10.2 Å². The molecule has 0 aromatic rings. The van der Waals surface area contributed by atoms with Crippen LogP contribution in [0.4, 0.5) is 0 Å². The van der Waals surface area contributed by atoms with Crippen LogP contribution in [-0.4, -0.2) is 22.4 Å². The Bertz CT molecular complexity index is 167. The van der Waals surface area contributed by atoms with Crippen LogP contribution in [0.3, 0.4) is 0 Å². The van der Waals surface area contributed by atoms with Crippen LogP contribution in [0, 0.1) is 5.92 Å². The van der Waals surface area contributed by atoms with Crippen LogP contribution in [-0.2, 0) is 0 Å². The second-order valence-electron chi connectivity index (χ2n) is 4.00. The third kappa shape index (κ3) is 2.55. The molecule has 0 unspecified atom stereocenters. The molecule has 0 spiro atoms. The van der Waals surface area contributed by atoms with E-state index in [-0.39, 0.29) is 12.5 Å². The van der Waals surface area contributed by atoms with Crippen molar-refractivity contribution in [1.29, 1.82) is 0 Å². The molecular weight excluding hydrogens is 164 g/mol. The summed E-state index contributed by atoms with van der Waals surface area (Å²) in [5.74, 6) is 0.206. The van der Waals surface area contributed by atoms with Crippen molar-refractivity contribution in [3.05, 3.63) is 12.7 Å². The van der Waals surface area contributed by atoms with Gasteiger partial charge in [-0.25, -0.2) is 0 Å². The first-order valence-electron chi connectivity index (χ1n) is 5.20. The lowest BCUT2D eigenvalue weighted by Gasteiger charge is -2.31. The average molecular weight is 184 g/mol. The molecule has 76 valence electrons. The Morgan fingerprint density at radius 1 is 1.38 bits per heavy atom. The van der Waals surface area contributed by atoms with Gasteiger partial charge in [0.15, 0.2) is 0 Å². The molecule has 0 aliphatic heterocycles. The van der Waals surface area contributed by atoms with Crippen molar-refractivity contribution in [2.75, 3.05) is 6.61 Å². The van der Waals surface area contributed by atoms with E-state index < -0.39 is 5.60 Å². The normalized spacial score (nSPS) is 35.4. The molecule has 0 heterocycles. The van der Waals surface area contributed by atoms with Crippen LogP contribution in [0.15, 0.2) is 12.7 Å². The summed E-state index contributed by atoms with van der Waals surface area (Å²) >= 11 is 0. The van der Waals surface area contributed by atoms with Gasteiger partial charge in [0.2, 0.25) is 0 Å². The van der Waals surface area contributed by atoms with Crippen LogP contribution >= 0.6 is 0 Å². The zero-order valence-electron chi connectivity index (χ0n) is 8.21. The summed E-state index contributed by atoms with van der Waals surface area (Å²) < 4.78 is 0. The van der Waals surface area contributed by atoms with E-state index >= 15 is 0 Å². The minimum Gasteiger partial charge on any atom is -0.396 e. The van der Waals surface area contributed by atoms with Crippen molar-refractivity contribution in [3.63, 3.8) is 0 Å². The fourth-order valence-corrected chi connectivity index (χ4v) is 2.25. The topological polar surface area (TPSA) is 40.5 Å². The van der Waals surface area contributed by atoms with Crippen molar-refractivity contribution in [2.45, 2.75) is 44.1 Å². The van der Waals surface area contributed by atoms with Crippen LogP contribution < -0.4 is 0 Å². The quantitative estimate of drug-likeness (QED) is 0.519. The number of hydrogen-bond donors (Lipinski definition) is 2. The molecule has 1 fully saturated rings. The maximum atomic E-state index is 10.2. The molecule has 13 heavy (non-hydrogen) atoms. The zero-order chi connectivity index (χ0) is 9.73. The second kappa shape index (κ2) is 4.77. The Labute approximate surface area is 80.3 Å². The van der Waals surface area contributed by atoms with Crippen molar-refractivity contribution >= 4 is 0 Å². The Balaban J connectivity index is 2.66. The number of hydrogen-bond acceptors (Lipinski definition) is 2. The van der Waals surface area contributed by atoms with Gasteiger partial charge in [0.05, 0.1) is 5.60 Å². The van der Waals surface area contributed by atoms with Gasteiger partial charge in [0.1, 0.15) is 0 Å². The van der Waals surface area contributed by atoms with Crippen LogP contribution in [0.25, 0.3) is 0 Å². The van der Waals surface area contributed by atoms with Crippen LogP contribution in [0.1, 0.15) is 38.5 Å². The third-order valence-corrected chi connectivity index (χ3v) is 3.17. The van der Waals surface area contributed by atoms with E-state index in [2.05, 4.69) is 6.58 Å². The maximum absolute atomic E-state index is 10.2. The van der Waals surface area contributed by atoms with E-state index in [0.717, 1.165) is 19.3 Å². The summed E-state index contributed by atoms with van der Waals surface area (Å²) in [5, 5.41) is 19.1. The van der Waals surface area contributed by atoms with E-state index in [4.69, 9.17) is 5.11 Å². The molecule has 1 rings (SSSR count). The highest BCUT2D eigenvalue weighted by molar-refractivity contribution is 5.01. The predicted molar refractivity (Wildman–Crippen MR) is 53.4 cm³/mol. The largest absolute Gasteiger partial charge is 0.396 e. The first-order chi connectivity index (χ1) is 6.23. The van der Waals surface area contributed by atoms with E-state index in [1.54, 1.807) is 6.08 Å². The summed E-state index contributed by atoms with van der Waals surface area (Å²) in [4.78, 5) is 0. The molecule has 2 atom stereocenters. The highest BCUT2D eigenvalue weighted by atomic mass is 16.3. The zero-order valence-corrected chi connectivity index (χ0v) is 8.21. The van der Waals surface area contributed by atoms with Crippen LogP contribution in [0.2, 0.25) is 0 Å². The highest BCUT2D eigenvalue weighted by Crippen LogP contribution is 2.35. The van der Waals surface area contributed by atoms with Gasteiger partial charge in [-0.1, -0.05) is 25.3 Å². The number of aliphatic hydroxyl groups is 2. The van der Waals surface area contributed by atoms with E-state index in [1.165, 1.54) is 12.8 Å². The second-order valence-corrected chi connectivity index (χ2v) is 4.00. The molecule has 1 aliphatic carbocycles. The number of rotatable bonds is 3. The summed E-state index contributed by atoms with van der Waals surface area (Å²) in [6.07, 6.45) is 7.62. The van der Waals surface area contributed by atoms with Gasteiger partial charge in [0.25, 0.3) is 0 Å². The highest BCUT2D eigenvalue weighted by Gasteiger charge is 2.33. The Hall–Kier alpha value is -0.340. The average Bonchev–Trinajstić information content (AvgIpc) is 2.31. The molecule has 0 bridgehead atoms. The summed E-state index contributed by atoms with van der Waals surface area (Å²) in [5.41, 5.74) is -0.723. The molecule has 1 saturated carbocycles. The molecule has 2 heteroatoms. The Kier molecular flexibility index (Phi) is 3.94. The van der Waals surface area contributed by atoms with E-state index in [1.807, 2.05) is 0 Å². The lowest BCUT2D eigenvalue weighted by atomic mass is 9.81. The first-order valence-corrected chi connectivity index (χ1v) is 5.20. The van der Waals surface area contributed by atoms with Gasteiger partial charge in [0, 0.05) is 6.61 Å². The summed E-state index contributed by atoms with van der Waals surface area (Å²) in [6.45, 7) is 3.87. The molecule has 2 nitrogen and oxygen atoms in total. The van der Waals surface area contributed by atoms with E-state index in [0.29, 0.717) is 6.42 Å². The van der Waals surface area contributed by atoms with Gasteiger partial charge in [-0.2, -0.15) is 0 Å². The van der Waals surface area contributed by atoms with Crippen molar-refractivity contribution in [1.82, 2.24) is 0 Å².